The van der Waals surface area contributed by atoms with Crippen LogP contribution in [0.25, 0.3) is 0 Å². The lowest BCUT2D eigenvalue weighted by atomic mass is 9.95. The molecule has 2 aromatic rings. The van der Waals surface area contributed by atoms with E-state index in [0.717, 1.165) is 55.2 Å². The number of para-hydroxylation sites is 1. The minimum Gasteiger partial charge on any atom is -0.496 e. The Kier molecular flexibility index (Phi) is 5.93. The first-order chi connectivity index (χ1) is 12.6. The molecule has 3 rings (SSSR count). The number of likely N-dealkylation sites (tertiary alicyclic amines) is 1. The second-order valence-electron chi connectivity index (χ2n) is 6.99. The van der Waals surface area contributed by atoms with Gasteiger partial charge in [-0.25, -0.2) is 0 Å². The molecule has 140 valence electrons. The van der Waals surface area contributed by atoms with Crippen LogP contribution < -0.4 is 10.1 Å². The van der Waals surface area contributed by atoms with Crippen molar-refractivity contribution in [3.8, 4) is 5.75 Å². The van der Waals surface area contributed by atoms with Gasteiger partial charge < -0.3 is 10.1 Å². The summed E-state index contributed by atoms with van der Waals surface area (Å²) >= 11 is 0. The summed E-state index contributed by atoms with van der Waals surface area (Å²) in [5.41, 5.74) is 4.26. The Morgan fingerprint density at radius 1 is 1.31 bits per heavy atom. The Labute approximate surface area is 154 Å². The van der Waals surface area contributed by atoms with Crippen LogP contribution in [0.1, 0.15) is 35.4 Å². The van der Waals surface area contributed by atoms with Crippen molar-refractivity contribution in [2.24, 2.45) is 5.92 Å². The molecular formula is C20H28N4O2. The quantitative estimate of drug-likeness (QED) is 0.835. The fraction of sp³-hybridized carbons (Fsp3) is 0.500. The molecule has 1 fully saturated rings. The number of amides is 1. The van der Waals surface area contributed by atoms with E-state index in [4.69, 9.17) is 4.74 Å². The largest absolute Gasteiger partial charge is 0.496 e. The van der Waals surface area contributed by atoms with Gasteiger partial charge in [-0.05, 0) is 45.8 Å². The summed E-state index contributed by atoms with van der Waals surface area (Å²) in [6.45, 7) is 7.22. The van der Waals surface area contributed by atoms with Gasteiger partial charge in [0.2, 0.25) is 5.91 Å². The standard InChI is InChI=1S/C20H28N4O2/c1-14-18(15(2)23-22-14)12-21-20(25)16-8-10-24(11-9-16)13-17-6-4-5-7-19(17)26-3/h4-7,16H,8-13H2,1-3H3,(H,21,25)(H,22,23). The molecule has 26 heavy (non-hydrogen) atoms. The smallest absolute Gasteiger partial charge is 0.223 e. The molecule has 6 nitrogen and oxygen atoms in total. The van der Waals surface area contributed by atoms with Gasteiger partial charge in [0.05, 0.1) is 12.8 Å². The van der Waals surface area contributed by atoms with Crippen molar-refractivity contribution in [2.75, 3.05) is 20.2 Å². The maximum Gasteiger partial charge on any atom is 0.223 e. The molecule has 0 radical (unpaired) electrons. The third-order valence-electron chi connectivity index (χ3n) is 5.26. The molecular weight excluding hydrogens is 328 g/mol. The summed E-state index contributed by atoms with van der Waals surface area (Å²) in [6, 6.07) is 8.13. The molecule has 1 saturated heterocycles. The Balaban J connectivity index is 1.48. The van der Waals surface area contributed by atoms with Gasteiger partial charge in [-0.1, -0.05) is 18.2 Å². The average molecular weight is 356 g/mol. The van der Waals surface area contributed by atoms with Crippen LogP contribution in [-0.4, -0.2) is 41.2 Å². The van der Waals surface area contributed by atoms with E-state index in [2.05, 4.69) is 26.5 Å². The predicted octanol–water partition coefficient (Wildman–Crippen LogP) is 2.56. The fourth-order valence-electron chi connectivity index (χ4n) is 3.58. The number of nitrogens with zero attached hydrogens (tertiary/aromatic N) is 2. The number of hydrogen-bond donors (Lipinski definition) is 2. The normalized spacial score (nSPS) is 15.8. The molecule has 1 aliphatic heterocycles. The SMILES string of the molecule is COc1ccccc1CN1CCC(C(=O)NCc2c(C)n[nH]c2C)CC1. The molecule has 0 unspecified atom stereocenters. The molecule has 0 spiro atoms. The van der Waals surface area contributed by atoms with Crippen LogP contribution in [0.5, 0.6) is 5.75 Å². The van der Waals surface area contributed by atoms with Crippen LogP contribution in [-0.2, 0) is 17.9 Å². The first kappa shape index (κ1) is 18.5. The highest BCUT2D eigenvalue weighted by Crippen LogP contribution is 2.23. The Hall–Kier alpha value is -2.34. The summed E-state index contributed by atoms with van der Waals surface area (Å²) in [5.74, 6) is 1.18. The Morgan fingerprint density at radius 3 is 2.69 bits per heavy atom. The first-order valence-corrected chi connectivity index (χ1v) is 9.21. The minimum atomic E-state index is 0.0939. The summed E-state index contributed by atoms with van der Waals surface area (Å²) in [5, 5.41) is 10.2. The van der Waals surface area contributed by atoms with E-state index in [1.54, 1.807) is 7.11 Å². The molecule has 1 amide bonds. The minimum absolute atomic E-state index is 0.0939. The highest BCUT2D eigenvalue weighted by atomic mass is 16.5. The molecule has 1 aromatic heterocycles. The first-order valence-electron chi connectivity index (χ1n) is 9.21. The van der Waals surface area contributed by atoms with E-state index in [0.29, 0.717) is 6.54 Å². The number of aromatic amines is 1. The Morgan fingerprint density at radius 2 is 2.04 bits per heavy atom. The van der Waals surface area contributed by atoms with E-state index in [1.807, 2.05) is 32.0 Å². The number of methoxy groups -OCH3 is 1. The van der Waals surface area contributed by atoms with Gasteiger partial charge in [-0.2, -0.15) is 5.10 Å². The second-order valence-corrected chi connectivity index (χ2v) is 6.99. The van der Waals surface area contributed by atoms with Gasteiger partial charge in [0.25, 0.3) is 0 Å². The number of nitrogens with one attached hydrogen (secondary N) is 2. The number of aryl methyl sites for hydroxylation is 2. The van der Waals surface area contributed by atoms with Crippen molar-refractivity contribution in [3.05, 3.63) is 46.8 Å². The highest BCUT2D eigenvalue weighted by Gasteiger charge is 2.25. The number of H-pyrrole nitrogens is 1. The second kappa shape index (κ2) is 8.36. The summed E-state index contributed by atoms with van der Waals surface area (Å²) < 4.78 is 5.43. The molecule has 1 aliphatic rings. The van der Waals surface area contributed by atoms with E-state index < -0.39 is 0 Å². The number of rotatable bonds is 6. The molecule has 6 heteroatoms. The van der Waals surface area contributed by atoms with Crippen molar-refractivity contribution in [1.82, 2.24) is 20.4 Å². The molecule has 0 saturated carbocycles. The van der Waals surface area contributed by atoms with Crippen LogP contribution in [0.4, 0.5) is 0 Å². The summed E-state index contributed by atoms with van der Waals surface area (Å²) in [4.78, 5) is 14.9. The van der Waals surface area contributed by atoms with Crippen molar-refractivity contribution in [2.45, 2.75) is 39.8 Å². The van der Waals surface area contributed by atoms with Crippen LogP contribution in [0.2, 0.25) is 0 Å². The van der Waals surface area contributed by atoms with Crippen molar-refractivity contribution in [3.63, 3.8) is 0 Å². The van der Waals surface area contributed by atoms with Gasteiger partial charge in [0, 0.05) is 35.8 Å². The van der Waals surface area contributed by atoms with Crippen LogP contribution in [0, 0.1) is 19.8 Å². The number of benzene rings is 1. The maximum absolute atomic E-state index is 12.5. The third-order valence-corrected chi connectivity index (χ3v) is 5.26. The molecule has 0 aliphatic carbocycles. The molecule has 0 bridgehead atoms. The van der Waals surface area contributed by atoms with Gasteiger partial charge in [0.1, 0.15) is 5.75 Å². The Bertz CT molecular complexity index is 729. The number of carbonyl (C=O) groups is 1. The van der Waals surface area contributed by atoms with Gasteiger partial charge in [-0.3, -0.25) is 14.8 Å². The zero-order valence-corrected chi connectivity index (χ0v) is 15.8. The molecule has 0 atom stereocenters. The van der Waals surface area contributed by atoms with Gasteiger partial charge in [0.15, 0.2) is 0 Å². The van der Waals surface area contributed by atoms with Crippen LogP contribution in [0.3, 0.4) is 0 Å². The van der Waals surface area contributed by atoms with Gasteiger partial charge in [-0.15, -0.1) is 0 Å². The fourth-order valence-corrected chi connectivity index (χ4v) is 3.58. The van der Waals surface area contributed by atoms with Crippen molar-refractivity contribution >= 4 is 5.91 Å². The molecule has 2 heterocycles. The average Bonchev–Trinajstić information content (AvgIpc) is 2.98. The lowest BCUT2D eigenvalue weighted by Gasteiger charge is -2.31. The number of aromatic nitrogens is 2. The number of piperidine rings is 1. The summed E-state index contributed by atoms with van der Waals surface area (Å²) in [7, 11) is 1.71. The summed E-state index contributed by atoms with van der Waals surface area (Å²) in [6.07, 6.45) is 1.79. The zero-order valence-electron chi connectivity index (χ0n) is 15.8. The monoisotopic (exact) mass is 356 g/mol. The van der Waals surface area contributed by atoms with Gasteiger partial charge >= 0.3 is 0 Å². The van der Waals surface area contributed by atoms with E-state index in [-0.39, 0.29) is 11.8 Å². The number of carbonyl (C=O) groups excluding carboxylic acids is 1. The van der Waals surface area contributed by atoms with Crippen molar-refractivity contribution < 1.29 is 9.53 Å². The lowest BCUT2D eigenvalue weighted by molar-refractivity contribution is -0.126. The van der Waals surface area contributed by atoms with Crippen LogP contribution >= 0.6 is 0 Å². The molecule has 1 aromatic carbocycles. The zero-order chi connectivity index (χ0) is 18.5. The van der Waals surface area contributed by atoms with E-state index >= 15 is 0 Å². The van der Waals surface area contributed by atoms with Crippen LogP contribution in [0.15, 0.2) is 24.3 Å². The third kappa shape index (κ3) is 4.25. The number of ether oxygens (including phenoxy) is 1. The highest BCUT2D eigenvalue weighted by molar-refractivity contribution is 5.78. The predicted molar refractivity (Wildman–Crippen MR) is 101 cm³/mol. The van der Waals surface area contributed by atoms with E-state index in [9.17, 15) is 4.79 Å². The number of hydrogen-bond acceptors (Lipinski definition) is 4. The van der Waals surface area contributed by atoms with Crippen molar-refractivity contribution in [1.29, 1.82) is 0 Å². The maximum atomic E-state index is 12.5. The lowest BCUT2D eigenvalue weighted by Crippen LogP contribution is -2.40. The van der Waals surface area contributed by atoms with E-state index in [1.165, 1.54) is 5.56 Å². The topological polar surface area (TPSA) is 70.2 Å². The molecule has 2 N–H and O–H groups in total.